The van der Waals surface area contributed by atoms with Gasteiger partial charge in [0.1, 0.15) is 11.8 Å². The molecule has 0 bridgehead atoms. The number of nitrogens with zero attached hydrogens (tertiary/aromatic N) is 3. The fourth-order valence-electron chi connectivity index (χ4n) is 2.28. The van der Waals surface area contributed by atoms with E-state index in [0.717, 1.165) is 5.76 Å². The Bertz CT molecular complexity index is 449. The summed E-state index contributed by atoms with van der Waals surface area (Å²) >= 11 is 0. The van der Waals surface area contributed by atoms with Crippen molar-refractivity contribution in [1.29, 1.82) is 5.26 Å². The minimum absolute atomic E-state index is 0.00792. The molecule has 0 radical (unpaired) electrons. The largest absolute Gasteiger partial charge is 0.467 e. The van der Waals surface area contributed by atoms with Crippen LogP contribution in [0, 0.1) is 11.3 Å². The van der Waals surface area contributed by atoms with Crippen LogP contribution in [0.3, 0.4) is 0 Å². The number of amides is 1. The number of hydrogen-bond donors (Lipinski definition) is 0. The molecule has 0 aliphatic carbocycles. The molecule has 1 aliphatic rings. The Balaban J connectivity index is 2.12. The summed E-state index contributed by atoms with van der Waals surface area (Å²) < 4.78 is 5.27. The third kappa shape index (κ3) is 2.39. The maximum absolute atomic E-state index is 12.3. The van der Waals surface area contributed by atoms with E-state index in [0.29, 0.717) is 13.1 Å². The van der Waals surface area contributed by atoms with Crippen molar-refractivity contribution in [3.63, 3.8) is 0 Å². The highest BCUT2D eigenvalue weighted by Gasteiger charge is 2.36. The van der Waals surface area contributed by atoms with Crippen molar-refractivity contribution < 1.29 is 9.21 Å². The number of furan rings is 1. The van der Waals surface area contributed by atoms with Crippen LogP contribution in [0.15, 0.2) is 22.8 Å². The first-order valence-corrected chi connectivity index (χ1v) is 6.03. The second-order valence-corrected chi connectivity index (χ2v) is 4.69. The Morgan fingerprint density at radius 1 is 1.61 bits per heavy atom. The van der Waals surface area contributed by atoms with Gasteiger partial charge in [-0.3, -0.25) is 9.69 Å². The zero-order valence-corrected chi connectivity index (χ0v) is 10.7. The van der Waals surface area contributed by atoms with E-state index in [1.54, 1.807) is 11.2 Å². The van der Waals surface area contributed by atoms with Crippen LogP contribution in [0.4, 0.5) is 0 Å². The molecule has 0 spiro atoms. The van der Waals surface area contributed by atoms with Crippen molar-refractivity contribution in [2.75, 3.05) is 13.6 Å². The topological polar surface area (TPSA) is 60.5 Å². The fourth-order valence-corrected chi connectivity index (χ4v) is 2.28. The number of piperazine rings is 1. The molecule has 1 aromatic heterocycles. The molecule has 18 heavy (non-hydrogen) atoms. The lowest BCUT2D eigenvalue weighted by Gasteiger charge is -2.42. The SMILES string of the molecule is CC1CN(Cc2ccco2)C(=O)C(CC#N)N1C. The molecule has 1 amide bonds. The van der Waals surface area contributed by atoms with Gasteiger partial charge in [0.05, 0.1) is 25.3 Å². The van der Waals surface area contributed by atoms with Crippen LogP contribution in [-0.2, 0) is 11.3 Å². The summed E-state index contributed by atoms with van der Waals surface area (Å²) in [5.74, 6) is 0.782. The van der Waals surface area contributed by atoms with Crippen LogP contribution in [0.25, 0.3) is 0 Å². The Hall–Kier alpha value is -1.80. The third-order valence-electron chi connectivity index (χ3n) is 3.48. The van der Waals surface area contributed by atoms with Gasteiger partial charge in [0.15, 0.2) is 0 Å². The highest BCUT2D eigenvalue weighted by Crippen LogP contribution is 2.19. The molecule has 2 heterocycles. The molecular weight excluding hydrogens is 230 g/mol. The molecule has 1 saturated heterocycles. The van der Waals surface area contributed by atoms with Gasteiger partial charge in [0.2, 0.25) is 5.91 Å². The average Bonchev–Trinajstić information content (AvgIpc) is 2.84. The highest BCUT2D eigenvalue weighted by molar-refractivity contribution is 5.83. The minimum Gasteiger partial charge on any atom is -0.467 e. The first-order valence-electron chi connectivity index (χ1n) is 6.03. The van der Waals surface area contributed by atoms with E-state index in [1.807, 2.05) is 24.1 Å². The third-order valence-corrected chi connectivity index (χ3v) is 3.48. The number of hydrogen-bond acceptors (Lipinski definition) is 4. The molecule has 0 saturated carbocycles. The Kier molecular flexibility index (Phi) is 3.68. The summed E-state index contributed by atoms with van der Waals surface area (Å²) in [6.07, 6.45) is 1.83. The fraction of sp³-hybridized carbons (Fsp3) is 0.538. The van der Waals surface area contributed by atoms with Gasteiger partial charge in [-0.25, -0.2) is 0 Å². The van der Waals surface area contributed by atoms with E-state index in [2.05, 4.69) is 13.0 Å². The molecule has 1 aliphatic heterocycles. The zero-order valence-electron chi connectivity index (χ0n) is 10.7. The molecule has 2 unspecified atom stereocenters. The number of carbonyl (C=O) groups is 1. The maximum atomic E-state index is 12.3. The van der Waals surface area contributed by atoms with Gasteiger partial charge < -0.3 is 9.32 Å². The molecule has 2 rings (SSSR count). The smallest absolute Gasteiger partial charge is 0.241 e. The summed E-state index contributed by atoms with van der Waals surface area (Å²) in [6.45, 7) is 3.20. The van der Waals surface area contributed by atoms with Gasteiger partial charge >= 0.3 is 0 Å². The van der Waals surface area contributed by atoms with Crippen LogP contribution in [0.1, 0.15) is 19.1 Å². The van der Waals surface area contributed by atoms with Crippen LogP contribution in [-0.4, -0.2) is 41.4 Å². The van der Waals surface area contributed by atoms with Gasteiger partial charge in [-0.05, 0) is 26.1 Å². The lowest BCUT2D eigenvalue weighted by atomic mass is 10.0. The predicted molar refractivity (Wildman–Crippen MR) is 65.4 cm³/mol. The van der Waals surface area contributed by atoms with Gasteiger partial charge in [0, 0.05) is 12.6 Å². The number of rotatable bonds is 3. The number of likely N-dealkylation sites (N-methyl/N-ethyl adjacent to an activating group) is 1. The Labute approximate surface area is 107 Å². The zero-order chi connectivity index (χ0) is 13.1. The molecule has 5 heteroatoms. The normalized spacial score (nSPS) is 25.2. The van der Waals surface area contributed by atoms with Gasteiger partial charge in [-0.1, -0.05) is 0 Å². The molecule has 96 valence electrons. The van der Waals surface area contributed by atoms with E-state index < -0.39 is 0 Å². The van der Waals surface area contributed by atoms with E-state index >= 15 is 0 Å². The summed E-state index contributed by atoms with van der Waals surface area (Å²) in [6, 6.07) is 5.66. The van der Waals surface area contributed by atoms with E-state index in [9.17, 15) is 4.79 Å². The van der Waals surface area contributed by atoms with Crippen molar-refractivity contribution in [3.05, 3.63) is 24.2 Å². The van der Waals surface area contributed by atoms with Crippen molar-refractivity contribution in [3.8, 4) is 6.07 Å². The molecule has 1 fully saturated rings. The summed E-state index contributed by atoms with van der Waals surface area (Å²) in [5.41, 5.74) is 0. The standard InChI is InChI=1S/C13H17N3O2/c1-10-8-16(9-11-4-3-7-18-11)13(17)12(5-6-14)15(10)2/h3-4,7,10,12H,5,8-9H2,1-2H3. The Morgan fingerprint density at radius 3 is 3.00 bits per heavy atom. The number of carbonyl (C=O) groups excluding carboxylic acids is 1. The van der Waals surface area contributed by atoms with E-state index in [4.69, 9.17) is 9.68 Å². The summed E-state index contributed by atoms with van der Waals surface area (Å²) in [4.78, 5) is 16.0. The Morgan fingerprint density at radius 2 is 2.39 bits per heavy atom. The quantitative estimate of drug-likeness (QED) is 0.806. The van der Waals surface area contributed by atoms with Crippen LogP contribution >= 0.6 is 0 Å². The second-order valence-electron chi connectivity index (χ2n) is 4.69. The van der Waals surface area contributed by atoms with Crippen molar-refractivity contribution in [1.82, 2.24) is 9.80 Å². The van der Waals surface area contributed by atoms with Gasteiger partial charge in [-0.2, -0.15) is 5.26 Å². The first-order chi connectivity index (χ1) is 8.63. The van der Waals surface area contributed by atoms with Gasteiger partial charge in [0.25, 0.3) is 0 Å². The highest BCUT2D eigenvalue weighted by atomic mass is 16.3. The monoisotopic (exact) mass is 247 g/mol. The van der Waals surface area contributed by atoms with E-state index in [1.165, 1.54) is 0 Å². The van der Waals surface area contributed by atoms with Crippen LogP contribution < -0.4 is 0 Å². The molecule has 5 nitrogen and oxygen atoms in total. The van der Waals surface area contributed by atoms with Crippen LogP contribution in [0.2, 0.25) is 0 Å². The lowest BCUT2D eigenvalue weighted by molar-refractivity contribution is -0.144. The van der Waals surface area contributed by atoms with Crippen LogP contribution in [0.5, 0.6) is 0 Å². The van der Waals surface area contributed by atoms with Gasteiger partial charge in [-0.15, -0.1) is 0 Å². The maximum Gasteiger partial charge on any atom is 0.241 e. The summed E-state index contributed by atoms with van der Waals surface area (Å²) in [7, 11) is 1.90. The van der Waals surface area contributed by atoms with Crippen molar-refractivity contribution in [2.24, 2.45) is 0 Å². The second kappa shape index (κ2) is 5.23. The van der Waals surface area contributed by atoms with Crippen molar-refractivity contribution in [2.45, 2.75) is 32.0 Å². The molecule has 2 atom stereocenters. The minimum atomic E-state index is -0.339. The first kappa shape index (κ1) is 12.7. The molecule has 0 N–H and O–H groups in total. The molecular formula is C13H17N3O2. The van der Waals surface area contributed by atoms with Crippen molar-refractivity contribution >= 4 is 5.91 Å². The number of nitriles is 1. The summed E-state index contributed by atoms with van der Waals surface area (Å²) in [5, 5.41) is 8.82. The van der Waals surface area contributed by atoms with E-state index in [-0.39, 0.29) is 24.4 Å². The lowest BCUT2D eigenvalue weighted by Crippen LogP contribution is -2.59. The molecule has 1 aromatic rings. The molecule has 0 aromatic carbocycles. The average molecular weight is 247 g/mol. The predicted octanol–water partition coefficient (Wildman–Crippen LogP) is 1.22.